The Kier molecular flexibility index (Phi) is 6.37. The SMILES string of the molecule is Cc1ccc(Sc2c(C)nn(-c3ccccc3)c2OC(=O)c2cc(Cl)ccc2Cl)cc1. The summed E-state index contributed by atoms with van der Waals surface area (Å²) in [4.78, 5) is 14.8. The molecule has 0 aliphatic carbocycles. The molecule has 156 valence electrons. The molecule has 0 bridgehead atoms. The van der Waals surface area contributed by atoms with Gasteiger partial charge in [-0.3, -0.25) is 0 Å². The molecule has 0 amide bonds. The minimum absolute atomic E-state index is 0.193. The van der Waals surface area contributed by atoms with Crippen LogP contribution in [0.2, 0.25) is 10.0 Å². The second-order valence-corrected chi connectivity index (χ2v) is 8.82. The van der Waals surface area contributed by atoms with E-state index in [1.54, 1.807) is 16.8 Å². The number of carbonyl (C=O) groups excluding carboxylic acids is 1. The van der Waals surface area contributed by atoms with Gasteiger partial charge in [0.15, 0.2) is 0 Å². The Balaban J connectivity index is 1.78. The largest absolute Gasteiger partial charge is 0.402 e. The first kappa shape index (κ1) is 21.5. The summed E-state index contributed by atoms with van der Waals surface area (Å²) < 4.78 is 7.49. The lowest BCUT2D eigenvalue weighted by Crippen LogP contribution is -2.13. The Labute approximate surface area is 194 Å². The van der Waals surface area contributed by atoms with Crippen molar-refractivity contribution in [1.82, 2.24) is 9.78 Å². The lowest BCUT2D eigenvalue weighted by molar-refractivity contribution is 0.0718. The molecule has 4 aromatic rings. The third-order valence-corrected chi connectivity index (χ3v) is 6.29. The van der Waals surface area contributed by atoms with E-state index in [1.165, 1.54) is 23.4 Å². The molecule has 0 aliphatic rings. The molecule has 7 heteroatoms. The number of ether oxygens (including phenoxy) is 1. The molecule has 4 rings (SSSR count). The fraction of sp³-hybridized carbons (Fsp3) is 0.0833. The van der Waals surface area contributed by atoms with Crippen molar-refractivity contribution in [2.24, 2.45) is 0 Å². The van der Waals surface area contributed by atoms with Gasteiger partial charge in [-0.15, -0.1) is 0 Å². The van der Waals surface area contributed by atoms with Crippen LogP contribution in [-0.2, 0) is 0 Å². The van der Waals surface area contributed by atoms with Gasteiger partial charge in [0.2, 0.25) is 5.88 Å². The van der Waals surface area contributed by atoms with Gasteiger partial charge in [-0.05, 0) is 56.3 Å². The molecule has 3 aromatic carbocycles. The Morgan fingerprint density at radius 1 is 0.968 bits per heavy atom. The molecule has 0 spiro atoms. The normalized spacial score (nSPS) is 10.8. The van der Waals surface area contributed by atoms with Gasteiger partial charge in [-0.25, -0.2) is 4.79 Å². The van der Waals surface area contributed by atoms with Crippen LogP contribution >= 0.6 is 35.0 Å². The summed E-state index contributed by atoms with van der Waals surface area (Å²) in [6, 6.07) is 22.3. The first-order chi connectivity index (χ1) is 14.9. The number of esters is 1. The van der Waals surface area contributed by atoms with Gasteiger partial charge >= 0.3 is 5.97 Å². The standard InChI is InChI=1S/C24H18Cl2N2O2S/c1-15-8-11-19(12-9-15)31-22-16(2)27-28(18-6-4-3-5-7-18)23(22)30-24(29)20-14-17(25)10-13-21(20)26/h3-14H,1-2H3. The van der Waals surface area contributed by atoms with E-state index in [9.17, 15) is 4.79 Å². The molecule has 1 aromatic heterocycles. The number of hydrogen-bond acceptors (Lipinski definition) is 4. The van der Waals surface area contributed by atoms with Crippen LogP contribution in [0.3, 0.4) is 0 Å². The number of aromatic nitrogens is 2. The summed E-state index contributed by atoms with van der Waals surface area (Å²) in [6.07, 6.45) is 0. The lowest BCUT2D eigenvalue weighted by Gasteiger charge is -2.11. The van der Waals surface area contributed by atoms with Crippen molar-refractivity contribution in [3.63, 3.8) is 0 Å². The summed E-state index contributed by atoms with van der Waals surface area (Å²) in [7, 11) is 0. The third kappa shape index (κ3) is 4.79. The highest BCUT2D eigenvalue weighted by atomic mass is 35.5. The maximum absolute atomic E-state index is 13.0. The number of halogens is 2. The maximum atomic E-state index is 13.0. The van der Waals surface area contributed by atoms with E-state index >= 15 is 0 Å². The van der Waals surface area contributed by atoms with Crippen molar-refractivity contribution >= 4 is 40.9 Å². The van der Waals surface area contributed by atoms with Crippen LogP contribution in [-0.4, -0.2) is 15.7 Å². The van der Waals surface area contributed by atoms with Gasteiger partial charge in [0.25, 0.3) is 0 Å². The maximum Gasteiger partial charge on any atom is 0.346 e. The Bertz CT molecular complexity index is 1240. The highest BCUT2D eigenvalue weighted by Crippen LogP contribution is 2.39. The molecule has 0 radical (unpaired) electrons. The zero-order valence-corrected chi connectivity index (χ0v) is 19.1. The number of aryl methyl sites for hydroxylation is 2. The number of rotatable bonds is 5. The van der Waals surface area contributed by atoms with E-state index in [4.69, 9.17) is 27.9 Å². The molecule has 31 heavy (non-hydrogen) atoms. The quantitative estimate of drug-likeness (QED) is 0.291. The number of benzene rings is 3. The van der Waals surface area contributed by atoms with Gasteiger partial charge in [0.05, 0.1) is 26.9 Å². The summed E-state index contributed by atoms with van der Waals surface area (Å²) in [6.45, 7) is 3.93. The van der Waals surface area contributed by atoms with Gasteiger partial charge in [-0.2, -0.15) is 9.78 Å². The van der Waals surface area contributed by atoms with Crippen LogP contribution in [0.25, 0.3) is 5.69 Å². The van der Waals surface area contributed by atoms with E-state index < -0.39 is 5.97 Å². The fourth-order valence-corrected chi connectivity index (χ4v) is 4.24. The molecule has 0 saturated heterocycles. The average molecular weight is 469 g/mol. The molecule has 4 nitrogen and oxygen atoms in total. The lowest BCUT2D eigenvalue weighted by atomic mass is 10.2. The number of hydrogen-bond donors (Lipinski definition) is 0. The number of carbonyl (C=O) groups is 1. The molecule has 1 heterocycles. The predicted molar refractivity (Wildman–Crippen MR) is 125 cm³/mol. The Hall–Kier alpha value is -2.73. The van der Waals surface area contributed by atoms with Crippen molar-refractivity contribution < 1.29 is 9.53 Å². The van der Waals surface area contributed by atoms with Crippen molar-refractivity contribution in [1.29, 1.82) is 0 Å². The van der Waals surface area contributed by atoms with Crippen LogP contribution in [0, 0.1) is 13.8 Å². The van der Waals surface area contributed by atoms with Crippen molar-refractivity contribution in [3.05, 3.63) is 99.7 Å². The van der Waals surface area contributed by atoms with Crippen molar-refractivity contribution in [3.8, 4) is 11.6 Å². The molecule has 0 atom stereocenters. The van der Waals surface area contributed by atoms with Crippen LogP contribution < -0.4 is 4.74 Å². The number of para-hydroxylation sites is 1. The van der Waals surface area contributed by atoms with E-state index in [1.807, 2.05) is 68.4 Å². The number of nitrogens with zero attached hydrogens (tertiary/aromatic N) is 2. The van der Waals surface area contributed by atoms with E-state index in [-0.39, 0.29) is 10.6 Å². The van der Waals surface area contributed by atoms with Crippen LogP contribution in [0.1, 0.15) is 21.6 Å². The van der Waals surface area contributed by atoms with E-state index in [2.05, 4.69) is 5.10 Å². The van der Waals surface area contributed by atoms with E-state index in [0.29, 0.717) is 10.9 Å². The highest BCUT2D eigenvalue weighted by Gasteiger charge is 2.24. The summed E-state index contributed by atoms with van der Waals surface area (Å²) in [5.41, 5.74) is 2.89. The first-order valence-electron chi connectivity index (χ1n) is 9.49. The Morgan fingerprint density at radius 3 is 2.39 bits per heavy atom. The molecular weight excluding hydrogens is 451 g/mol. The second kappa shape index (κ2) is 9.18. The molecule has 0 unspecified atom stereocenters. The minimum Gasteiger partial charge on any atom is -0.402 e. The molecule has 0 aliphatic heterocycles. The van der Waals surface area contributed by atoms with Gasteiger partial charge < -0.3 is 4.74 Å². The van der Waals surface area contributed by atoms with Crippen LogP contribution in [0.15, 0.2) is 82.6 Å². The molecule has 0 fully saturated rings. The zero-order valence-electron chi connectivity index (χ0n) is 16.8. The van der Waals surface area contributed by atoms with Gasteiger partial charge in [0, 0.05) is 9.92 Å². The summed E-state index contributed by atoms with van der Waals surface area (Å²) >= 11 is 13.8. The Morgan fingerprint density at radius 2 is 1.68 bits per heavy atom. The predicted octanol–water partition coefficient (Wildman–Crippen LogP) is 7.17. The fourth-order valence-electron chi connectivity index (χ4n) is 2.96. The van der Waals surface area contributed by atoms with Crippen LogP contribution in [0.4, 0.5) is 0 Å². The first-order valence-corrected chi connectivity index (χ1v) is 11.1. The van der Waals surface area contributed by atoms with Crippen molar-refractivity contribution in [2.45, 2.75) is 23.6 Å². The monoisotopic (exact) mass is 468 g/mol. The molecular formula is C24H18Cl2N2O2S. The van der Waals surface area contributed by atoms with Gasteiger partial charge in [0.1, 0.15) is 0 Å². The topological polar surface area (TPSA) is 44.1 Å². The zero-order chi connectivity index (χ0) is 22.0. The van der Waals surface area contributed by atoms with Crippen molar-refractivity contribution in [2.75, 3.05) is 0 Å². The average Bonchev–Trinajstić information content (AvgIpc) is 3.07. The highest BCUT2D eigenvalue weighted by molar-refractivity contribution is 7.99. The van der Waals surface area contributed by atoms with Crippen LogP contribution in [0.5, 0.6) is 5.88 Å². The van der Waals surface area contributed by atoms with Gasteiger partial charge in [-0.1, -0.05) is 70.9 Å². The smallest absolute Gasteiger partial charge is 0.346 e. The summed E-state index contributed by atoms with van der Waals surface area (Å²) in [5.74, 6) is -0.273. The summed E-state index contributed by atoms with van der Waals surface area (Å²) in [5, 5.41) is 5.31. The second-order valence-electron chi connectivity index (χ2n) is 6.90. The molecule has 0 saturated carbocycles. The third-order valence-electron chi connectivity index (χ3n) is 4.54. The van der Waals surface area contributed by atoms with E-state index in [0.717, 1.165) is 21.2 Å². The minimum atomic E-state index is -0.602. The molecule has 0 N–H and O–H groups in total.